The molecule has 2 aliphatic heterocycles. The van der Waals surface area contributed by atoms with E-state index in [0.29, 0.717) is 36.4 Å². The number of aromatic nitrogens is 2. The van der Waals surface area contributed by atoms with E-state index in [1.807, 2.05) is 54.6 Å². The van der Waals surface area contributed by atoms with Crippen LogP contribution in [0, 0.1) is 17.2 Å². The summed E-state index contributed by atoms with van der Waals surface area (Å²) in [5.41, 5.74) is 7.56. The molecule has 5 N–H and O–H groups in total. The molecule has 0 spiro atoms. The van der Waals surface area contributed by atoms with Crippen LogP contribution in [0.1, 0.15) is 29.8 Å². The summed E-state index contributed by atoms with van der Waals surface area (Å²) >= 11 is 0. The molecule has 0 radical (unpaired) electrons. The number of H-pyrrole nitrogens is 1. The van der Waals surface area contributed by atoms with Gasteiger partial charge in [0.05, 0.1) is 23.3 Å². The Morgan fingerprint density at radius 3 is 2.78 bits per heavy atom. The second-order valence-corrected chi connectivity index (χ2v) is 8.54. The lowest BCUT2D eigenvalue weighted by atomic mass is 9.90. The molecule has 0 aliphatic carbocycles. The molecular formula is C24H24N6O2. The summed E-state index contributed by atoms with van der Waals surface area (Å²) in [5.74, 6) is 1.02. The number of nitrogens with zero attached hydrogens (tertiary/aromatic N) is 2. The lowest BCUT2D eigenvalue weighted by Gasteiger charge is -2.33. The molecule has 2 aliphatic rings. The van der Waals surface area contributed by atoms with Gasteiger partial charge in [0.15, 0.2) is 5.69 Å². The van der Waals surface area contributed by atoms with Crippen LogP contribution in [0.25, 0.3) is 11.3 Å². The van der Waals surface area contributed by atoms with Gasteiger partial charge in [0.2, 0.25) is 0 Å². The van der Waals surface area contributed by atoms with Gasteiger partial charge in [-0.05, 0) is 43.2 Å². The van der Waals surface area contributed by atoms with Gasteiger partial charge in [-0.25, -0.2) is 0 Å². The Bertz CT molecular complexity index is 1170. The highest BCUT2D eigenvalue weighted by atomic mass is 16.5. The first-order chi connectivity index (χ1) is 15.5. The number of piperidine rings is 1. The third kappa shape index (κ3) is 3.96. The molecule has 2 fully saturated rings. The van der Waals surface area contributed by atoms with Crippen molar-refractivity contribution in [3.05, 3.63) is 66.4 Å². The molecule has 8 nitrogen and oxygen atoms in total. The second kappa shape index (κ2) is 8.11. The van der Waals surface area contributed by atoms with Gasteiger partial charge in [0.25, 0.3) is 5.91 Å². The molecule has 2 aromatic carbocycles. The van der Waals surface area contributed by atoms with Gasteiger partial charge >= 0.3 is 0 Å². The minimum Gasteiger partial charge on any atom is -0.457 e. The molecule has 32 heavy (non-hydrogen) atoms. The van der Waals surface area contributed by atoms with Crippen molar-refractivity contribution in [1.82, 2.24) is 20.8 Å². The van der Waals surface area contributed by atoms with Crippen LogP contribution in [0.3, 0.4) is 0 Å². The van der Waals surface area contributed by atoms with Crippen LogP contribution < -0.4 is 21.1 Å². The number of carbonyl (C=O) groups excluding carboxylic acids is 1. The number of nitrogens with one attached hydrogen (secondary N) is 3. The van der Waals surface area contributed by atoms with Crippen LogP contribution in [0.15, 0.2) is 60.7 Å². The number of nitriles is 1. The first-order valence-electron chi connectivity index (χ1n) is 10.7. The average Bonchev–Trinajstić information content (AvgIpc) is 3.37. The highest BCUT2D eigenvalue weighted by Crippen LogP contribution is 2.36. The number of nitrogens with two attached hydrogens (primary N) is 1. The van der Waals surface area contributed by atoms with E-state index in [0.717, 1.165) is 11.3 Å². The van der Waals surface area contributed by atoms with E-state index in [2.05, 4.69) is 26.9 Å². The zero-order valence-corrected chi connectivity index (χ0v) is 17.4. The van der Waals surface area contributed by atoms with Gasteiger partial charge in [-0.1, -0.05) is 30.3 Å². The van der Waals surface area contributed by atoms with Gasteiger partial charge in [0.1, 0.15) is 11.5 Å². The smallest absolute Gasteiger partial charge is 0.272 e. The maximum atomic E-state index is 12.9. The number of aromatic amines is 1. The molecule has 4 atom stereocenters. The topological polar surface area (TPSA) is 129 Å². The average molecular weight is 428 g/mol. The number of hydrogen-bond donors (Lipinski definition) is 4. The molecule has 1 aromatic heterocycles. The summed E-state index contributed by atoms with van der Waals surface area (Å²) in [6.07, 6.45) is 1.86. The van der Waals surface area contributed by atoms with Gasteiger partial charge in [-0.2, -0.15) is 10.4 Å². The van der Waals surface area contributed by atoms with Crippen molar-refractivity contribution >= 4 is 5.91 Å². The molecule has 3 heterocycles. The zero-order valence-electron chi connectivity index (χ0n) is 17.4. The molecule has 162 valence electrons. The normalized spacial score (nSPS) is 26.3. The number of fused-ring (bicyclic) bond motifs is 2. The predicted octanol–water partition coefficient (Wildman–Crippen LogP) is 2.92. The van der Waals surface area contributed by atoms with Crippen molar-refractivity contribution in [2.45, 2.75) is 37.0 Å². The highest BCUT2D eigenvalue weighted by Gasteiger charge is 2.48. The summed E-state index contributed by atoms with van der Waals surface area (Å²) in [6, 6.07) is 21.0. The Balaban J connectivity index is 1.32. The summed E-state index contributed by atoms with van der Waals surface area (Å²) in [6.45, 7) is 0. The van der Waals surface area contributed by atoms with Crippen molar-refractivity contribution in [2.24, 2.45) is 11.7 Å². The standard InChI is InChI=1S/C24H24N6O2/c25-14-15-10-19-21(13-24(26,12-15)28-19)27-23(31)20-11-18(29-30-20)17-8-4-5-9-22(17)32-16-6-2-1-3-7-16/h1-9,11,15,19,21,28H,10,12-13,26H2,(H,27,31)(H,29,30)/t15?,19-,21-,24+/m0/s1. The third-order valence-corrected chi connectivity index (χ3v) is 6.15. The van der Waals surface area contributed by atoms with Gasteiger partial charge < -0.3 is 15.8 Å². The number of ether oxygens (including phenoxy) is 1. The summed E-state index contributed by atoms with van der Waals surface area (Å²) in [4.78, 5) is 12.9. The second-order valence-electron chi connectivity index (χ2n) is 8.54. The van der Waals surface area contributed by atoms with Crippen molar-refractivity contribution in [3.63, 3.8) is 0 Å². The van der Waals surface area contributed by atoms with E-state index in [4.69, 9.17) is 10.5 Å². The van der Waals surface area contributed by atoms with Crippen molar-refractivity contribution in [3.8, 4) is 28.8 Å². The quantitative estimate of drug-likeness (QED) is 0.495. The van der Waals surface area contributed by atoms with Gasteiger partial charge in [0, 0.05) is 24.1 Å². The zero-order chi connectivity index (χ0) is 22.1. The van der Waals surface area contributed by atoms with E-state index in [1.165, 1.54) is 0 Å². The highest BCUT2D eigenvalue weighted by molar-refractivity contribution is 5.93. The molecule has 5 rings (SSSR count). The fourth-order valence-electron chi connectivity index (χ4n) is 4.72. The van der Waals surface area contributed by atoms with Crippen LogP contribution in [0.2, 0.25) is 0 Å². The number of para-hydroxylation sites is 2. The minimum absolute atomic E-state index is 0.0132. The Labute approximate surface area is 185 Å². The van der Waals surface area contributed by atoms with Crippen LogP contribution in [0.5, 0.6) is 11.5 Å². The molecule has 3 aromatic rings. The molecule has 1 amide bonds. The lowest BCUT2D eigenvalue weighted by molar-refractivity contribution is 0.0927. The number of amides is 1. The molecule has 0 saturated carbocycles. The summed E-state index contributed by atoms with van der Waals surface area (Å²) < 4.78 is 6.02. The SMILES string of the molecule is N#CC1C[C@@H]2N[C@](N)(C1)C[C@@H]2NC(=O)c1cc(-c2ccccc2Oc2ccccc2)[nH]n1. The largest absolute Gasteiger partial charge is 0.457 e. The van der Waals surface area contributed by atoms with Crippen LogP contribution in [-0.2, 0) is 0 Å². The fraction of sp³-hybridized carbons (Fsp3) is 0.292. The minimum atomic E-state index is -0.605. The molecule has 1 unspecified atom stereocenters. The Kier molecular flexibility index (Phi) is 5.13. The van der Waals surface area contributed by atoms with Crippen molar-refractivity contribution in [2.75, 3.05) is 0 Å². The van der Waals surface area contributed by atoms with E-state index < -0.39 is 5.66 Å². The first-order valence-corrected chi connectivity index (χ1v) is 10.7. The maximum absolute atomic E-state index is 12.9. The third-order valence-electron chi connectivity index (χ3n) is 6.15. The van der Waals surface area contributed by atoms with E-state index in [1.54, 1.807) is 6.07 Å². The summed E-state index contributed by atoms with van der Waals surface area (Å²) in [5, 5.41) is 22.9. The Morgan fingerprint density at radius 1 is 1.19 bits per heavy atom. The number of hydrogen-bond acceptors (Lipinski definition) is 6. The molecule has 2 saturated heterocycles. The first kappa shape index (κ1) is 20.2. The Hall–Kier alpha value is -3.67. The van der Waals surface area contributed by atoms with Crippen LogP contribution >= 0.6 is 0 Å². The van der Waals surface area contributed by atoms with Crippen LogP contribution in [0.4, 0.5) is 0 Å². The Morgan fingerprint density at radius 2 is 1.97 bits per heavy atom. The molecule has 2 bridgehead atoms. The van der Waals surface area contributed by atoms with Gasteiger partial charge in [-0.15, -0.1) is 0 Å². The number of carbonyl (C=O) groups is 1. The molecular weight excluding hydrogens is 404 g/mol. The van der Waals surface area contributed by atoms with E-state index >= 15 is 0 Å². The maximum Gasteiger partial charge on any atom is 0.272 e. The van der Waals surface area contributed by atoms with Gasteiger partial charge in [-0.3, -0.25) is 15.2 Å². The van der Waals surface area contributed by atoms with E-state index in [-0.39, 0.29) is 23.9 Å². The molecule has 8 heteroatoms. The van der Waals surface area contributed by atoms with E-state index in [9.17, 15) is 10.1 Å². The number of benzene rings is 2. The monoisotopic (exact) mass is 428 g/mol. The number of rotatable bonds is 5. The summed E-state index contributed by atoms with van der Waals surface area (Å²) in [7, 11) is 0. The van der Waals surface area contributed by atoms with Crippen molar-refractivity contribution < 1.29 is 9.53 Å². The predicted molar refractivity (Wildman–Crippen MR) is 119 cm³/mol. The van der Waals surface area contributed by atoms with Crippen LogP contribution in [-0.4, -0.2) is 33.9 Å². The fourth-order valence-corrected chi connectivity index (χ4v) is 4.72. The lowest BCUT2D eigenvalue weighted by Crippen LogP contribution is -2.56. The van der Waals surface area contributed by atoms with Crippen molar-refractivity contribution in [1.29, 1.82) is 5.26 Å².